The van der Waals surface area contributed by atoms with Crippen LogP contribution in [-0.4, -0.2) is 5.24 Å². The molecule has 5 rings (SSSR count). The Hall–Kier alpha value is -0.0400. The Kier molecular flexibility index (Phi) is 1.59. The zero-order valence-electron chi connectivity index (χ0n) is 7.76. The van der Waals surface area contributed by atoms with Crippen LogP contribution in [0.1, 0.15) is 38.5 Å². The topological polar surface area (TPSA) is 17.1 Å². The maximum absolute atomic E-state index is 11.5. The fraction of sp³-hybridized carbons (Fsp3) is 0.909. The Morgan fingerprint density at radius 3 is 2.62 bits per heavy atom. The minimum absolute atomic E-state index is 0.0275. The van der Waals surface area contributed by atoms with E-state index in [0.29, 0.717) is 5.92 Å². The van der Waals surface area contributed by atoms with Gasteiger partial charge in [-0.05, 0) is 67.9 Å². The van der Waals surface area contributed by atoms with E-state index >= 15 is 0 Å². The van der Waals surface area contributed by atoms with Crippen molar-refractivity contribution in [2.45, 2.75) is 38.5 Å². The number of hydrogen-bond acceptors (Lipinski definition) is 1. The van der Waals surface area contributed by atoms with Gasteiger partial charge in [-0.15, -0.1) is 0 Å². The molecule has 0 aromatic carbocycles. The highest BCUT2D eigenvalue weighted by molar-refractivity contribution is 6.64. The van der Waals surface area contributed by atoms with Crippen LogP contribution < -0.4 is 0 Å². The summed E-state index contributed by atoms with van der Waals surface area (Å²) in [6.45, 7) is 0. The van der Waals surface area contributed by atoms with Crippen molar-refractivity contribution in [3.8, 4) is 0 Å². The lowest BCUT2D eigenvalue weighted by Crippen LogP contribution is -2.53. The standard InChI is InChI=1S/C11H15ClO/c12-10(13)11-4-3-7-5-9(11)2-1-8(7)6-11/h7-9H,1-6H2. The molecule has 5 fully saturated rings. The second-order valence-corrected chi connectivity index (χ2v) is 5.55. The predicted molar refractivity (Wildman–Crippen MR) is 51.5 cm³/mol. The SMILES string of the molecule is O=C(Cl)C12CCC3CC1CCC3C2. The zero-order chi connectivity index (χ0) is 9.05. The van der Waals surface area contributed by atoms with E-state index in [1.54, 1.807) is 0 Å². The molecule has 0 radical (unpaired) electrons. The fourth-order valence-corrected chi connectivity index (χ4v) is 4.50. The monoisotopic (exact) mass is 198 g/mol. The fourth-order valence-electron chi connectivity index (χ4n) is 4.17. The largest absolute Gasteiger partial charge is 0.281 e. The average molecular weight is 199 g/mol. The number of halogens is 1. The molecular formula is C11H15ClO. The molecule has 4 atom stereocenters. The van der Waals surface area contributed by atoms with Crippen LogP contribution in [0.15, 0.2) is 0 Å². The van der Waals surface area contributed by atoms with E-state index in [1.165, 1.54) is 25.7 Å². The van der Waals surface area contributed by atoms with Gasteiger partial charge in [0.1, 0.15) is 0 Å². The second-order valence-electron chi connectivity index (χ2n) is 5.20. The molecule has 4 unspecified atom stereocenters. The molecule has 0 N–H and O–H groups in total. The van der Waals surface area contributed by atoms with Crippen LogP contribution in [0, 0.1) is 23.2 Å². The van der Waals surface area contributed by atoms with Gasteiger partial charge in [0.05, 0.1) is 0 Å². The lowest BCUT2D eigenvalue weighted by atomic mass is 9.46. The molecule has 72 valence electrons. The summed E-state index contributed by atoms with van der Waals surface area (Å²) in [4.78, 5) is 11.5. The van der Waals surface area contributed by atoms with Gasteiger partial charge in [-0.1, -0.05) is 0 Å². The van der Waals surface area contributed by atoms with Gasteiger partial charge in [0.25, 0.3) is 0 Å². The summed E-state index contributed by atoms with van der Waals surface area (Å²) in [5.74, 6) is 2.42. The van der Waals surface area contributed by atoms with Crippen LogP contribution in [-0.2, 0) is 4.79 Å². The van der Waals surface area contributed by atoms with Crippen molar-refractivity contribution < 1.29 is 4.79 Å². The Labute approximate surface area is 83.8 Å². The maximum Gasteiger partial charge on any atom is 0.228 e. The Balaban J connectivity index is 2.01. The van der Waals surface area contributed by atoms with E-state index in [0.717, 1.165) is 24.7 Å². The van der Waals surface area contributed by atoms with Crippen molar-refractivity contribution in [1.82, 2.24) is 0 Å². The summed E-state index contributed by atoms with van der Waals surface area (Å²) in [6, 6.07) is 0. The molecule has 5 saturated carbocycles. The van der Waals surface area contributed by atoms with Crippen molar-refractivity contribution >= 4 is 16.8 Å². The van der Waals surface area contributed by atoms with Gasteiger partial charge in [-0.2, -0.15) is 0 Å². The molecule has 2 heteroatoms. The van der Waals surface area contributed by atoms with Gasteiger partial charge in [0.2, 0.25) is 5.24 Å². The van der Waals surface area contributed by atoms with Crippen LogP contribution >= 0.6 is 11.6 Å². The summed E-state index contributed by atoms with van der Waals surface area (Å²) in [5.41, 5.74) is -0.0702. The Morgan fingerprint density at radius 1 is 1.23 bits per heavy atom. The summed E-state index contributed by atoms with van der Waals surface area (Å²) in [5, 5.41) is -0.0275. The van der Waals surface area contributed by atoms with Crippen LogP contribution in [0.4, 0.5) is 0 Å². The molecule has 0 saturated heterocycles. The minimum atomic E-state index is -0.0702. The van der Waals surface area contributed by atoms with E-state index in [1.807, 2.05) is 0 Å². The second kappa shape index (κ2) is 2.50. The molecule has 5 aliphatic carbocycles. The van der Waals surface area contributed by atoms with Crippen molar-refractivity contribution in [2.24, 2.45) is 23.2 Å². The highest BCUT2D eigenvalue weighted by Crippen LogP contribution is 2.63. The number of hydrogen-bond donors (Lipinski definition) is 0. The number of rotatable bonds is 1. The van der Waals surface area contributed by atoms with Crippen LogP contribution in [0.25, 0.3) is 0 Å². The first-order chi connectivity index (χ1) is 6.22. The van der Waals surface area contributed by atoms with Gasteiger partial charge >= 0.3 is 0 Å². The highest BCUT2D eigenvalue weighted by atomic mass is 35.5. The first-order valence-corrected chi connectivity index (χ1v) is 5.80. The lowest BCUT2D eigenvalue weighted by Gasteiger charge is -2.58. The first kappa shape index (κ1) is 8.28. The van der Waals surface area contributed by atoms with E-state index in [-0.39, 0.29) is 10.7 Å². The molecule has 1 nitrogen and oxygen atoms in total. The summed E-state index contributed by atoms with van der Waals surface area (Å²) < 4.78 is 0. The number of carbonyl (C=O) groups excluding carboxylic acids is 1. The molecule has 0 amide bonds. The Morgan fingerprint density at radius 2 is 2.08 bits per heavy atom. The van der Waals surface area contributed by atoms with Gasteiger partial charge in [0.15, 0.2) is 0 Å². The molecule has 0 aromatic heterocycles. The highest BCUT2D eigenvalue weighted by Gasteiger charge is 2.57. The first-order valence-electron chi connectivity index (χ1n) is 5.42. The molecule has 5 aliphatic rings. The number of fused-ring (bicyclic) bond motifs is 2. The smallest absolute Gasteiger partial charge is 0.228 e. The molecule has 0 spiro atoms. The molecule has 4 bridgehead atoms. The van der Waals surface area contributed by atoms with Crippen molar-refractivity contribution in [2.75, 3.05) is 0 Å². The van der Waals surface area contributed by atoms with Gasteiger partial charge in [-0.25, -0.2) is 0 Å². The normalized spacial score (nSPS) is 52.5. The third-order valence-electron chi connectivity index (χ3n) is 4.90. The van der Waals surface area contributed by atoms with Crippen LogP contribution in [0.2, 0.25) is 0 Å². The Bertz CT molecular complexity index is 263. The molecule has 13 heavy (non-hydrogen) atoms. The van der Waals surface area contributed by atoms with Crippen LogP contribution in [0.5, 0.6) is 0 Å². The number of carbonyl (C=O) groups is 1. The maximum atomic E-state index is 11.5. The van der Waals surface area contributed by atoms with Crippen molar-refractivity contribution in [3.63, 3.8) is 0 Å². The molecule has 0 heterocycles. The lowest BCUT2D eigenvalue weighted by molar-refractivity contribution is -0.144. The van der Waals surface area contributed by atoms with Gasteiger partial charge < -0.3 is 0 Å². The summed E-state index contributed by atoms with van der Waals surface area (Å²) >= 11 is 5.79. The third-order valence-corrected chi connectivity index (χ3v) is 5.28. The molecular weight excluding hydrogens is 184 g/mol. The quantitative estimate of drug-likeness (QED) is 0.592. The average Bonchev–Trinajstić information content (AvgIpc) is 2.18. The van der Waals surface area contributed by atoms with Gasteiger partial charge in [0, 0.05) is 5.41 Å². The van der Waals surface area contributed by atoms with Crippen LogP contribution in [0.3, 0.4) is 0 Å². The van der Waals surface area contributed by atoms with E-state index in [2.05, 4.69) is 0 Å². The van der Waals surface area contributed by atoms with Gasteiger partial charge in [-0.3, -0.25) is 4.79 Å². The van der Waals surface area contributed by atoms with E-state index in [9.17, 15) is 4.79 Å². The third kappa shape index (κ3) is 0.918. The van der Waals surface area contributed by atoms with Crippen molar-refractivity contribution in [3.05, 3.63) is 0 Å². The zero-order valence-corrected chi connectivity index (χ0v) is 8.52. The summed E-state index contributed by atoms with van der Waals surface area (Å²) in [7, 11) is 0. The molecule has 0 aromatic rings. The molecule has 0 aliphatic heterocycles. The predicted octanol–water partition coefficient (Wildman–Crippen LogP) is 2.97. The summed E-state index contributed by atoms with van der Waals surface area (Å²) in [6.07, 6.45) is 7.38. The van der Waals surface area contributed by atoms with Crippen molar-refractivity contribution in [1.29, 1.82) is 0 Å². The van der Waals surface area contributed by atoms with E-state index in [4.69, 9.17) is 11.6 Å². The minimum Gasteiger partial charge on any atom is -0.281 e. The van der Waals surface area contributed by atoms with E-state index < -0.39 is 0 Å².